The van der Waals surface area contributed by atoms with E-state index in [0.29, 0.717) is 18.0 Å². The number of methoxy groups -OCH3 is 2. The molecule has 176 valence electrons. The van der Waals surface area contributed by atoms with E-state index < -0.39 is 0 Å². The van der Waals surface area contributed by atoms with Gasteiger partial charge in [0.2, 0.25) is 5.91 Å². The average Bonchev–Trinajstić information content (AvgIpc) is 3.45. The maximum absolute atomic E-state index is 12.8. The lowest BCUT2D eigenvalue weighted by atomic mass is 9.99. The third-order valence-electron chi connectivity index (χ3n) is 6.09. The SMILES string of the molecule is COc1cc2c(cc1OC)/C(=C\c1ccc(N(C)C)cc1)C(C)=C2CC(=O)NCc1ccco1. The van der Waals surface area contributed by atoms with Crippen molar-refractivity contribution in [3.63, 3.8) is 0 Å². The van der Waals surface area contributed by atoms with Crippen LogP contribution in [0.15, 0.2) is 64.8 Å². The van der Waals surface area contributed by atoms with Crippen LogP contribution in [0.3, 0.4) is 0 Å². The van der Waals surface area contributed by atoms with E-state index in [2.05, 4.69) is 47.5 Å². The summed E-state index contributed by atoms with van der Waals surface area (Å²) >= 11 is 0. The van der Waals surface area contributed by atoms with Crippen molar-refractivity contribution in [1.29, 1.82) is 0 Å². The van der Waals surface area contributed by atoms with Gasteiger partial charge in [-0.05, 0) is 82.8 Å². The second-order valence-electron chi connectivity index (χ2n) is 8.43. The molecule has 1 N–H and O–H groups in total. The molecule has 2 aromatic carbocycles. The lowest BCUT2D eigenvalue weighted by molar-refractivity contribution is -0.120. The quantitative estimate of drug-likeness (QED) is 0.490. The molecular formula is C28H30N2O4. The zero-order chi connectivity index (χ0) is 24.2. The van der Waals surface area contributed by atoms with Crippen molar-refractivity contribution in [3.05, 3.63) is 82.8 Å². The molecule has 0 bridgehead atoms. The van der Waals surface area contributed by atoms with Crippen molar-refractivity contribution in [2.45, 2.75) is 19.9 Å². The van der Waals surface area contributed by atoms with Crippen LogP contribution in [-0.2, 0) is 11.3 Å². The predicted octanol–water partition coefficient (Wildman–Crippen LogP) is 5.40. The molecule has 0 atom stereocenters. The number of nitrogens with one attached hydrogen (secondary N) is 1. The van der Waals surface area contributed by atoms with Crippen LogP contribution in [0, 0.1) is 0 Å². The number of anilines is 1. The molecule has 1 aromatic heterocycles. The summed E-state index contributed by atoms with van der Waals surface area (Å²) in [6, 6.07) is 16.0. The number of hydrogen-bond acceptors (Lipinski definition) is 5. The largest absolute Gasteiger partial charge is 0.493 e. The van der Waals surface area contributed by atoms with Gasteiger partial charge in [0.1, 0.15) is 5.76 Å². The maximum atomic E-state index is 12.8. The van der Waals surface area contributed by atoms with Gasteiger partial charge in [0, 0.05) is 19.8 Å². The molecular weight excluding hydrogens is 428 g/mol. The van der Waals surface area contributed by atoms with Crippen molar-refractivity contribution in [2.75, 3.05) is 33.2 Å². The number of allylic oxidation sites excluding steroid dienone is 2. The first-order chi connectivity index (χ1) is 16.4. The normalized spacial score (nSPS) is 13.7. The first kappa shape index (κ1) is 23.2. The van der Waals surface area contributed by atoms with Crippen LogP contribution in [0.2, 0.25) is 0 Å². The molecule has 0 unspecified atom stereocenters. The molecule has 1 aliphatic carbocycles. The fourth-order valence-corrected chi connectivity index (χ4v) is 4.19. The number of benzene rings is 2. The Labute approximate surface area is 200 Å². The summed E-state index contributed by atoms with van der Waals surface area (Å²) in [5, 5.41) is 2.95. The Morgan fingerprint density at radius 2 is 1.71 bits per heavy atom. The number of carbonyl (C=O) groups excluding carboxylic acids is 1. The minimum Gasteiger partial charge on any atom is -0.493 e. The first-order valence-corrected chi connectivity index (χ1v) is 11.2. The summed E-state index contributed by atoms with van der Waals surface area (Å²) in [5.41, 5.74) is 7.35. The summed E-state index contributed by atoms with van der Waals surface area (Å²) in [6.07, 6.45) is 4.02. The highest BCUT2D eigenvalue weighted by Gasteiger charge is 2.27. The van der Waals surface area contributed by atoms with Crippen LogP contribution in [0.5, 0.6) is 11.5 Å². The molecule has 0 saturated heterocycles. The van der Waals surface area contributed by atoms with Crippen LogP contribution >= 0.6 is 0 Å². The minimum absolute atomic E-state index is 0.0666. The third-order valence-corrected chi connectivity index (χ3v) is 6.09. The summed E-state index contributed by atoms with van der Waals surface area (Å²) in [5.74, 6) is 1.95. The average molecular weight is 459 g/mol. The number of fused-ring (bicyclic) bond motifs is 1. The van der Waals surface area contributed by atoms with Gasteiger partial charge in [0.25, 0.3) is 0 Å². The van der Waals surface area contributed by atoms with E-state index in [0.717, 1.165) is 44.9 Å². The molecule has 4 rings (SSSR count). The smallest absolute Gasteiger partial charge is 0.224 e. The van der Waals surface area contributed by atoms with Gasteiger partial charge in [0.15, 0.2) is 11.5 Å². The lowest BCUT2D eigenvalue weighted by Crippen LogP contribution is -2.22. The summed E-state index contributed by atoms with van der Waals surface area (Å²) in [6.45, 7) is 2.42. The number of nitrogens with zero attached hydrogens (tertiary/aromatic N) is 1. The van der Waals surface area contributed by atoms with Crippen LogP contribution in [0.1, 0.15) is 35.8 Å². The molecule has 1 amide bonds. The van der Waals surface area contributed by atoms with Crippen LogP contribution in [0.4, 0.5) is 5.69 Å². The number of furan rings is 1. The number of carbonyl (C=O) groups is 1. The molecule has 1 aliphatic rings. The van der Waals surface area contributed by atoms with E-state index in [4.69, 9.17) is 13.9 Å². The highest BCUT2D eigenvalue weighted by atomic mass is 16.5. The van der Waals surface area contributed by atoms with E-state index in [1.165, 1.54) is 0 Å². The molecule has 1 heterocycles. The number of hydrogen-bond donors (Lipinski definition) is 1. The third kappa shape index (κ3) is 4.71. The maximum Gasteiger partial charge on any atom is 0.224 e. The Morgan fingerprint density at radius 3 is 2.29 bits per heavy atom. The van der Waals surface area contributed by atoms with Gasteiger partial charge >= 0.3 is 0 Å². The fourth-order valence-electron chi connectivity index (χ4n) is 4.19. The Kier molecular flexibility index (Phi) is 6.77. The predicted molar refractivity (Wildman–Crippen MR) is 136 cm³/mol. The second kappa shape index (κ2) is 9.91. The molecule has 6 heteroatoms. The van der Waals surface area contributed by atoms with Gasteiger partial charge in [-0.25, -0.2) is 0 Å². The number of rotatable bonds is 8. The van der Waals surface area contributed by atoms with E-state index >= 15 is 0 Å². The molecule has 0 aliphatic heterocycles. The van der Waals surface area contributed by atoms with Gasteiger partial charge in [-0.1, -0.05) is 12.1 Å². The molecule has 0 spiro atoms. The second-order valence-corrected chi connectivity index (χ2v) is 8.43. The van der Waals surface area contributed by atoms with Crippen molar-refractivity contribution in [1.82, 2.24) is 5.32 Å². The first-order valence-electron chi connectivity index (χ1n) is 11.2. The molecule has 6 nitrogen and oxygen atoms in total. The summed E-state index contributed by atoms with van der Waals surface area (Å²) in [7, 11) is 7.30. The standard InChI is InChI=1S/C28H30N2O4/c1-18-22(13-19-8-10-20(11-9-19)30(2)3)24-14-26(32-4)27(33-5)15-25(24)23(18)16-28(31)29-17-21-7-6-12-34-21/h6-15H,16-17H2,1-5H3,(H,29,31)/b22-13-. The van der Waals surface area contributed by atoms with Gasteiger partial charge in [-0.2, -0.15) is 0 Å². The Balaban J connectivity index is 1.71. The highest BCUT2D eigenvalue weighted by molar-refractivity contribution is 6.08. The zero-order valence-corrected chi connectivity index (χ0v) is 20.3. The van der Waals surface area contributed by atoms with Crippen LogP contribution in [-0.4, -0.2) is 34.2 Å². The molecule has 3 aromatic rings. The van der Waals surface area contributed by atoms with E-state index in [9.17, 15) is 4.79 Å². The Morgan fingerprint density at radius 1 is 1.03 bits per heavy atom. The molecule has 0 saturated carbocycles. The van der Waals surface area contributed by atoms with Crippen molar-refractivity contribution >= 4 is 28.8 Å². The topological polar surface area (TPSA) is 63.9 Å². The van der Waals surface area contributed by atoms with Gasteiger partial charge in [0.05, 0.1) is 33.4 Å². The van der Waals surface area contributed by atoms with Crippen molar-refractivity contribution in [2.24, 2.45) is 0 Å². The van der Waals surface area contributed by atoms with Crippen LogP contribution in [0.25, 0.3) is 17.2 Å². The van der Waals surface area contributed by atoms with E-state index in [1.807, 2.05) is 38.4 Å². The highest BCUT2D eigenvalue weighted by Crippen LogP contribution is 2.47. The van der Waals surface area contributed by atoms with E-state index in [-0.39, 0.29) is 12.3 Å². The van der Waals surface area contributed by atoms with Gasteiger partial charge in [-0.3, -0.25) is 4.79 Å². The zero-order valence-electron chi connectivity index (χ0n) is 20.3. The number of amides is 1. The fraction of sp³-hybridized carbons (Fsp3) is 0.250. The summed E-state index contributed by atoms with van der Waals surface area (Å²) in [4.78, 5) is 14.9. The summed E-state index contributed by atoms with van der Waals surface area (Å²) < 4.78 is 16.4. The minimum atomic E-state index is -0.0666. The lowest BCUT2D eigenvalue weighted by Gasteiger charge is -2.13. The molecule has 0 fully saturated rings. The molecule has 34 heavy (non-hydrogen) atoms. The Bertz CT molecular complexity index is 1240. The van der Waals surface area contributed by atoms with Gasteiger partial charge in [-0.15, -0.1) is 0 Å². The van der Waals surface area contributed by atoms with Crippen LogP contribution < -0.4 is 19.7 Å². The van der Waals surface area contributed by atoms with Gasteiger partial charge < -0.3 is 24.1 Å². The molecule has 0 radical (unpaired) electrons. The Hall–Kier alpha value is -3.93. The van der Waals surface area contributed by atoms with Crippen molar-refractivity contribution < 1.29 is 18.7 Å². The monoisotopic (exact) mass is 458 g/mol. The van der Waals surface area contributed by atoms with E-state index in [1.54, 1.807) is 20.5 Å². The number of ether oxygens (including phenoxy) is 2. The van der Waals surface area contributed by atoms with Crippen molar-refractivity contribution in [3.8, 4) is 11.5 Å².